The van der Waals surface area contributed by atoms with E-state index in [0.29, 0.717) is 24.1 Å². The highest BCUT2D eigenvalue weighted by atomic mass is 32.2. The van der Waals surface area contributed by atoms with Gasteiger partial charge in [0.25, 0.3) is 5.91 Å². The van der Waals surface area contributed by atoms with Crippen LogP contribution in [0.5, 0.6) is 0 Å². The largest absolute Gasteiger partial charge is 0.336 e. The van der Waals surface area contributed by atoms with Gasteiger partial charge in [0.15, 0.2) is 0 Å². The summed E-state index contributed by atoms with van der Waals surface area (Å²) in [5.74, 6) is 0.656. The van der Waals surface area contributed by atoms with E-state index in [9.17, 15) is 13.2 Å². The zero-order valence-corrected chi connectivity index (χ0v) is 16.2. The molecule has 6 heteroatoms. The van der Waals surface area contributed by atoms with Crippen molar-refractivity contribution >= 4 is 21.6 Å². The van der Waals surface area contributed by atoms with E-state index in [4.69, 9.17) is 0 Å². The van der Waals surface area contributed by atoms with Crippen molar-refractivity contribution in [1.82, 2.24) is 4.90 Å². The number of aryl methyl sites for hydroxylation is 1. The highest BCUT2D eigenvalue weighted by Gasteiger charge is 2.33. The molecule has 1 aromatic carbocycles. The summed E-state index contributed by atoms with van der Waals surface area (Å²) in [6.07, 6.45) is 6.04. The van der Waals surface area contributed by atoms with Crippen LogP contribution in [0.3, 0.4) is 0 Å². The maximum Gasteiger partial charge on any atom is 0.254 e. The minimum atomic E-state index is -3.27. The number of carbonyl (C=O) groups is 1. The molecule has 5 nitrogen and oxygen atoms in total. The molecule has 0 spiro atoms. The fourth-order valence-corrected chi connectivity index (χ4v) is 4.44. The lowest BCUT2D eigenvalue weighted by Crippen LogP contribution is -2.36. The van der Waals surface area contributed by atoms with Gasteiger partial charge < -0.3 is 4.90 Å². The lowest BCUT2D eigenvalue weighted by Gasteiger charge is -2.30. The zero-order chi connectivity index (χ0) is 18.2. The van der Waals surface area contributed by atoms with Crippen LogP contribution in [0.4, 0.5) is 5.69 Å². The molecule has 1 fully saturated rings. The highest BCUT2D eigenvalue weighted by Crippen LogP contribution is 2.32. The van der Waals surface area contributed by atoms with E-state index in [-0.39, 0.29) is 5.91 Å². The van der Waals surface area contributed by atoms with Gasteiger partial charge in [0.2, 0.25) is 10.0 Å². The Balaban J connectivity index is 1.84. The van der Waals surface area contributed by atoms with Crippen LogP contribution in [0.1, 0.15) is 55.5 Å². The first-order valence-electron chi connectivity index (χ1n) is 9.19. The second-order valence-corrected chi connectivity index (χ2v) is 9.60. The number of hydrogen-bond acceptors (Lipinski definition) is 3. The van der Waals surface area contributed by atoms with Crippen molar-refractivity contribution in [3.8, 4) is 0 Å². The van der Waals surface area contributed by atoms with Crippen LogP contribution in [-0.2, 0) is 16.4 Å². The lowest BCUT2D eigenvalue weighted by atomic mass is 10.00. The van der Waals surface area contributed by atoms with Crippen molar-refractivity contribution < 1.29 is 13.2 Å². The molecular weight excluding hydrogens is 336 g/mol. The predicted octanol–water partition coefficient (Wildman–Crippen LogP) is 3.05. The highest BCUT2D eigenvalue weighted by molar-refractivity contribution is 7.92. The van der Waals surface area contributed by atoms with E-state index < -0.39 is 10.0 Å². The molecule has 0 unspecified atom stereocenters. The van der Waals surface area contributed by atoms with Crippen LogP contribution in [-0.4, -0.2) is 44.6 Å². The Morgan fingerprint density at radius 3 is 2.64 bits per heavy atom. The Kier molecular flexibility index (Phi) is 5.09. The van der Waals surface area contributed by atoms with Crippen LogP contribution in [0, 0.1) is 5.92 Å². The van der Waals surface area contributed by atoms with Gasteiger partial charge in [-0.25, -0.2) is 8.42 Å². The third-order valence-electron chi connectivity index (χ3n) is 5.00. The topological polar surface area (TPSA) is 57.7 Å². The summed E-state index contributed by atoms with van der Waals surface area (Å²) in [5, 5.41) is 0. The first kappa shape index (κ1) is 18.2. The van der Waals surface area contributed by atoms with Gasteiger partial charge in [-0.15, -0.1) is 0 Å². The van der Waals surface area contributed by atoms with Gasteiger partial charge in [-0.05, 0) is 61.8 Å². The van der Waals surface area contributed by atoms with Crippen molar-refractivity contribution in [2.24, 2.45) is 5.92 Å². The molecule has 0 aromatic heterocycles. The molecular formula is C19H28N2O3S. The van der Waals surface area contributed by atoms with E-state index in [1.165, 1.54) is 10.6 Å². The number of anilines is 1. The minimum absolute atomic E-state index is 0.0856. The summed E-state index contributed by atoms with van der Waals surface area (Å²) in [5.41, 5.74) is 2.37. The molecule has 0 saturated heterocycles. The normalized spacial score (nSPS) is 17.5. The molecule has 1 aliphatic carbocycles. The SMILES string of the molecule is CC(C)CCN(C(=O)c1ccc2c(c1)CCCN2S(C)(=O)=O)C1CC1. The van der Waals surface area contributed by atoms with Gasteiger partial charge >= 0.3 is 0 Å². The number of hydrogen-bond donors (Lipinski definition) is 0. The number of fused-ring (bicyclic) bond motifs is 1. The first-order valence-corrected chi connectivity index (χ1v) is 11.0. The molecule has 1 amide bonds. The van der Waals surface area contributed by atoms with Crippen LogP contribution < -0.4 is 4.31 Å². The molecule has 1 aromatic rings. The van der Waals surface area contributed by atoms with E-state index >= 15 is 0 Å². The molecule has 138 valence electrons. The van der Waals surface area contributed by atoms with E-state index in [2.05, 4.69) is 13.8 Å². The van der Waals surface area contributed by atoms with Crippen molar-refractivity contribution in [2.75, 3.05) is 23.7 Å². The van der Waals surface area contributed by atoms with Gasteiger partial charge in [-0.2, -0.15) is 0 Å². The maximum absolute atomic E-state index is 13.0. The molecule has 0 bridgehead atoms. The maximum atomic E-state index is 13.0. The van der Waals surface area contributed by atoms with Crippen molar-refractivity contribution in [1.29, 1.82) is 0 Å². The molecule has 0 atom stereocenters. The van der Waals surface area contributed by atoms with Crippen molar-refractivity contribution in [3.63, 3.8) is 0 Å². The Bertz CT molecular complexity index is 754. The molecule has 1 saturated carbocycles. The fourth-order valence-electron chi connectivity index (χ4n) is 3.44. The summed E-state index contributed by atoms with van der Waals surface area (Å²) in [6.45, 7) is 5.66. The Hall–Kier alpha value is -1.56. The van der Waals surface area contributed by atoms with Crippen molar-refractivity contribution in [3.05, 3.63) is 29.3 Å². The zero-order valence-electron chi connectivity index (χ0n) is 15.4. The quantitative estimate of drug-likeness (QED) is 0.779. The van der Waals surface area contributed by atoms with E-state index in [1.54, 1.807) is 12.1 Å². The van der Waals surface area contributed by atoms with Crippen LogP contribution in [0.2, 0.25) is 0 Å². The second-order valence-electron chi connectivity index (χ2n) is 7.69. The monoisotopic (exact) mass is 364 g/mol. The van der Waals surface area contributed by atoms with Crippen molar-refractivity contribution in [2.45, 2.75) is 52.0 Å². The lowest BCUT2D eigenvalue weighted by molar-refractivity contribution is 0.0735. The third kappa shape index (κ3) is 4.17. The molecule has 3 rings (SSSR count). The summed E-state index contributed by atoms with van der Waals surface area (Å²) < 4.78 is 25.4. The number of carbonyl (C=O) groups excluding carboxylic acids is 1. The Labute approximate surface area is 151 Å². The van der Waals surface area contributed by atoms with Gasteiger partial charge in [0.1, 0.15) is 0 Å². The minimum Gasteiger partial charge on any atom is -0.336 e. The predicted molar refractivity (Wildman–Crippen MR) is 100 cm³/mol. The third-order valence-corrected chi connectivity index (χ3v) is 6.18. The summed E-state index contributed by atoms with van der Waals surface area (Å²) in [6, 6.07) is 5.88. The van der Waals surface area contributed by atoms with Gasteiger partial charge in [0.05, 0.1) is 11.9 Å². The smallest absolute Gasteiger partial charge is 0.254 e. The number of benzene rings is 1. The van der Waals surface area contributed by atoms with Crippen LogP contribution >= 0.6 is 0 Å². The van der Waals surface area contributed by atoms with Gasteiger partial charge in [0, 0.05) is 24.7 Å². The molecule has 0 radical (unpaired) electrons. The van der Waals surface area contributed by atoms with E-state index in [1.807, 2.05) is 11.0 Å². The fraction of sp³-hybridized carbons (Fsp3) is 0.632. The molecule has 2 aliphatic rings. The molecule has 1 heterocycles. The Morgan fingerprint density at radius 2 is 2.04 bits per heavy atom. The number of nitrogens with zero attached hydrogens (tertiary/aromatic N) is 2. The number of rotatable bonds is 6. The molecule has 1 aliphatic heterocycles. The average molecular weight is 365 g/mol. The van der Waals surface area contributed by atoms with E-state index in [0.717, 1.165) is 49.9 Å². The van der Waals surface area contributed by atoms with Crippen LogP contribution in [0.25, 0.3) is 0 Å². The van der Waals surface area contributed by atoms with Crippen LogP contribution in [0.15, 0.2) is 18.2 Å². The Morgan fingerprint density at radius 1 is 1.32 bits per heavy atom. The second kappa shape index (κ2) is 6.98. The number of sulfonamides is 1. The van der Waals surface area contributed by atoms with Gasteiger partial charge in [-0.3, -0.25) is 9.10 Å². The number of amides is 1. The first-order chi connectivity index (χ1) is 11.8. The molecule has 25 heavy (non-hydrogen) atoms. The van der Waals surface area contributed by atoms with Gasteiger partial charge in [-0.1, -0.05) is 13.8 Å². The average Bonchev–Trinajstić information content (AvgIpc) is 3.37. The summed E-state index contributed by atoms with van der Waals surface area (Å²) in [7, 11) is -3.27. The standard InChI is InChI=1S/C19H28N2O3S/c1-14(2)10-12-20(17-7-8-17)19(22)16-6-9-18-15(13-16)5-4-11-21(18)25(3,23)24/h6,9,13-14,17H,4-5,7-8,10-12H2,1-3H3. The summed E-state index contributed by atoms with van der Waals surface area (Å²) in [4.78, 5) is 15.0. The molecule has 0 N–H and O–H groups in total. The summed E-state index contributed by atoms with van der Waals surface area (Å²) >= 11 is 0.